The van der Waals surface area contributed by atoms with Crippen LogP contribution in [0.2, 0.25) is 0 Å². The van der Waals surface area contributed by atoms with Gasteiger partial charge >= 0.3 is 0 Å². The summed E-state index contributed by atoms with van der Waals surface area (Å²) in [6, 6.07) is 0. The van der Waals surface area contributed by atoms with Crippen LogP contribution >= 0.6 is 12.6 Å². The van der Waals surface area contributed by atoms with Gasteiger partial charge in [-0.25, -0.2) is 0 Å². The van der Waals surface area contributed by atoms with Crippen molar-refractivity contribution in [2.24, 2.45) is 23.7 Å². The first kappa shape index (κ1) is 15.4. The predicted molar refractivity (Wildman–Crippen MR) is 78.7 cm³/mol. The monoisotopic (exact) mass is 258 g/mol. The van der Waals surface area contributed by atoms with Gasteiger partial charge in [0.15, 0.2) is 0 Å². The van der Waals surface area contributed by atoms with E-state index in [1.165, 1.54) is 25.7 Å². The zero-order chi connectivity index (χ0) is 12.8. The SMILES string of the molecule is CCC(CS)COC1CC(C)CCC1C(C)C. The highest BCUT2D eigenvalue weighted by Crippen LogP contribution is 2.35. The van der Waals surface area contributed by atoms with Crippen LogP contribution in [-0.4, -0.2) is 18.5 Å². The number of rotatable bonds is 6. The fourth-order valence-electron chi connectivity index (χ4n) is 2.87. The Kier molecular flexibility index (Phi) is 6.94. The van der Waals surface area contributed by atoms with Gasteiger partial charge in [0, 0.05) is 0 Å². The van der Waals surface area contributed by atoms with E-state index in [9.17, 15) is 0 Å². The van der Waals surface area contributed by atoms with Gasteiger partial charge in [-0.3, -0.25) is 0 Å². The lowest BCUT2D eigenvalue weighted by Crippen LogP contribution is -2.35. The van der Waals surface area contributed by atoms with Gasteiger partial charge < -0.3 is 4.74 Å². The van der Waals surface area contributed by atoms with Gasteiger partial charge in [-0.2, -0.15) is 12.6 Å². The molecule has 4 atom stereocenters. The quantitative estimate of drug-likeness (QED) is 0.694. The average molecular weight is 258 g/mol. The van der Waals surface area contributed by atoms with E-state index in [0.717, 1.165) is 30.1 Å². The molecule has 0 amide bonds. The third-order valence-corrected chi connectivity index (χ3v) is 4.86. The van der Waals surface area contributed by atoms with Crippen molar-refractivity contribution >= 4 is 12.6 Å². The molecule has 0 saturated heterocycles. The van der Waals surface area contributed by atoms with Crippen LogP contribution in [0, 0.1) is 23.7 Å². The summed E-state index contributed by atoms with van der Waals surface area (Å²) in [4.78, 5) is 0. The largest absolute Gasteiger partial charge is 0.378 e. The lowest BCUT2D eigenvalue weighted by atomic mass is 9.75. The van der Waals surface area contributed by atoms with E-state index in [4.69, 9.17) is 4.74 Å². The summed E-state index contributed by atoms with van der Waals surface area (Å²) in [5.41, 5.74) is 0. The second-order valence-electron chi connectivity index (χ2n) is 6.15. The second-order valence-corrected chi connectivity index (χ2v) is 6.52. The number of hydrogen-bond donors (Lipinski definition) is 1. The van der Waals surface area contributed by atoms with Crippen LogP contribution in [-0.2, 0) is 4.74 Å². The molecule has 0 aromatic rings. The molecule has 0 N–H and O–H groups in total. The Morgan fingerprint density at radius 3 is 2.53 bits per heavy atom. The van der Waals surface area contributed by atoms with Gasteiger partial charge in [-0.05, 0) is 42.3 Å². The molecule has 1 nitrogen and oxygen atoms in total. The zero-order valence-electron chi connectivity index (χ0n) is 12.0. The van der Waals surface area contributed by atoms with Crippen LogP contribution in [0.25, 0.3) is 0 Å². The summed E-state index contributed by atoms with van der Waals surface area (Å²) in [5.74, 6) is 3.94. The standard InChI is InChI=1S/C15H30OS/c1-5-13(10-17)9-16-15-8-12(4)6-7-14(15)11(2)3/h11-15,17H,5-10H2,1-4H3. The van der Waals surface area contributed by atoms with Gasteiger partial charge in [0.1, 0.15) is 0 Å². The Hall–Kier alpha value is 0.310. The van der Waals surface area contributed by atoms with Gasteiger partial charge in [-0.15, -0.1) is 0 Å². The van der Waals surface area contributed by atoms with Gasteiger partial charge in [-0.1, -0.05) is 40.5 Å². The summed E-state index contributed by atoms with van der Waals surface area (Å²) in [5, 5.41) is 0. The molecule has 0 aliphatic heterocycles. The summed E-state index contributed by atoms with van der Waals surface area (Å²) < 4.78 is 6.22. The van der Waals surface area contributed by atoms with Crippen molar-refractivity contribution in [1.82, 2.24) is 0 Å². The van der Waals surface area contributed by atoms with Crippen LogP contribution in [0.4, 0.5) is 0 Å². The maximum atomic E-state index is 6.22. The van der Waals surface area contributed by atoms with Crippen molar-refractivity contribution in [2.45, 2.75) is 59.5 Å². The minimum atomic E-state index is 0.493. The molecule has 102 valence electrons. The van der Waals surface area contributed by atoms with Crippen molar-refractivity contribution in [3.63, 3.8) is 0 Å². The van der Waals surface area contributed by atoms with Crippen molar-refractivity contribution < 1.29 is 4.74 Å². The van der Waals surface area contributed by atoms with Gasteiger partial charge in [0.05, 0.1) is 12.7 Å². The Bertz CT molecular complexity index is 201. The first-order chi connectivity index (χ1) is 8.08. The summed E-state index contributed by atoms with van der Waals surface area (Å²) >= 11 is 4.39. The van der Waals surface area contributed by atoms with E-state index in [1.807, 2.05) is 0 Å². The Morgan fingerprint density at radius 2 is 2.00 bits per heavy atom. The molecule has 1 aliphatic rings. The minimum Gasteiger partial charge on any atom is -0.378 e. The first-order valence-electron chi connectivity index (χ1n) is 7.30. The molecular weight excluding hydrogens is 228 g/mol. The topological polar surface area (TPSA) is 9.23 Å². The smallest absolute Gasteiger partial charge is 0.0608 e. The molecule has 0 bridgehead atoms. The van der Waals surface area contributed by atoms with Crippen LogP contribution in [0.15, 0.2) is 0 Å². The number of ether oxygens (including phenoxy) is 1. The predicted octanol–water partition coefficient (Wildman–Crippen LogP) is 4.42. The number of thiol groups is 1. The van der Waals surface area contributed by atoms with Crippen LogP contribution in [0.3, 0.4) is 0 Å². The molecule has 0 spiro atoms. The maximum absolute atomic E-state index is 6.22. The van der Waals surface area contributed by atoms with Gasteiger partial charge in [0.25, 0.3) is 0 Å². The average Bonchev–Trinajstić information content (AvgIpc) is 2.30. The Balaban J connectivity index is 2.46. The Morgan fingerprint density at radius 1 is 1.29 bits per heavy atom. The molecule has 1 aliphatic carbocycles. The van der Waals surface area contributed by atoms with Crippen molar-refractivity contribution in [2.75, 3.05) is 12.4 Å². The molecule has 0 aromatic carbocycles. The van der Waals surface area contributed by atoms with E-state index in [1.54, 1.807) is 0 Å². The van der Waals surface area contributed by atoms with Crippen molar-refractivity contribution in [1.29, 1.82) is 0 Å². The molecule has 1 saturated carbocycles. The highest BCUT2D eigenvalue weighted by atomic mass is 32.1. The van der Waals surface area contributed by atoms with Crippen molar-refractivity contribution in [3.8, 4) is 0 Å². The summed E-state index contributed by atoms with van der Waals surface area (Å²) in [6.07, 6.45) is 5.66. The second kappa shape index (κ2) is 7.68. The molecule has 4 unspecified atom stereocenters. The van der Waals surface area contributed by atoms with Crippen LogP contribution in [0.1, 0.15) is 53.4 Å². The molecule has 0 radical (unpaired) electrons. The van der Waals surface area contributed by atoms with E-state index in [0.29, 0.717) is 12.0 Å². The van der Waals surface area contributed by atoms with E-state index >= 15 is 0 Å². The minimum absolute atomic E-state index is 0.493. The highest BCUT2D eigenvalue weighted by molar-refractivity contribution is 7.80. The lowest BCUT2D eigenvalue weighted by Gasteiger charge is -2.37. The zero-order valence-corrected chi connectivity index (χ0v) is 12.9. The van der Waals surface area contributed by atoms with Gasteiger partial charge in [0.2, 0.25) is 0 Å². The van der Waals surface area contributed by atoms with E-state index in [-0.39, 0.29) is 0 Å². The van der Waals surface area contributed by atoms with Crippen molar-refractivity contribution in [3.05, 3.63) is 0 Å². The first-order valence-corrected chi connectivity index (χ1v) is 7.94. The molecular formula is C15H30OS. The summed E-state index contributed by atoms with van der Waals surface area (Å²) in [7, 11) is 0. The third-order valence-electron chi connectivity index (χ3n) is 4.34. The Labute approximate surface area is 113 Å². The van der Waals surface area contributed by atoms with E-state index in [2.05, 4.69) is 40.3 Å². The molecule has 1 fully saturated rings. The normalized spacial score (nSPS) is 31.8. The fourth-order valence-corrected chi connectivity index (χ4v) is 3.23. The molecule has 0 aromatic heterocycles. The van der Waals surface area contributed by atoms with Crippen LogP contribution in [0.5, 0.6) is 0 Å². The number of hydrogen-bond acceptors (Lipinski definition) is 2. The third kappa shape index (κ3) is 4.82. The van der Waals surface area contributed by atoms with Crippen LogP contribution < -0.4 is 0 Å². The molecule has 0 heterocycles. The fraction of sp³-hybridized carbons (Fsp3) is 1.00. The molecule has 1 rings (SSSR count). The summed E-state index contributed by atoms with van der Waals surface area (Å²) in [6.45, 7) is 10.2. The maximum Gasteiger partial charge on any atom is 0.0608 e. The lowest BCUT2D eigenvalue weighted by molar-refractivity contribution is -0.0492. The highest BCUT2D eigenvalue weighted by Gasteiger charge is 2.31. The van der Waals surface area contributed by atoms with E-state index < -0.39 is 0 Å². The molecule has 2 heteroatoms. The molecule has 17 heavy (non-hydrogen) atoms.